The molecule has 0 bridgehead atoms. The van der Waals surface area contributed by atoms with Crippen molar-refractivity contribution in [1.82, 2.24) is 10.2 Å². The Balaban J connectivity index is 1.74. The second kappa shape index (κ2) is 5.19. The number of hydrogen-bond acceptors (Lipinski definition) is 2. The molecular formula is C16H23BrN2. The highest BCUT2D eigenvalue weighted by atomic mass is 79.9. The van der Waals surface area contributed by atoms with Crippen LogP contribution < -0.4 is 5.32 Å². The molecule has 104 valence electrons. The van der Waals surface area contributed by atoms with Crippen molar-refractivity contribution in [3.05, 3.63) is 34.3 Å². The summed E-state index contributed by atoms with van der Waals surface area (Å²) in [5.74, 6) is 0.894. The lowest BCUT2D eigenvalue weighted by atomic mass is 9.91. The van der Waals surface area contributed by atoms with Crippen molar-refractivity contribution in [2.75, 3.05) is 19.6 Å². The third-order valence-corrected chi connectivity index (χ3v) is 5.31. The van der Waals surface area contributed by atoms with E-state index in [1.807, 2.05) is 0 Å². The molecule has 1 aromatic carbocycles. The maximum absolute atomic E-state index is 3.75. The van der Waals surface area contributed by atoms with Gasteiger partial charge >= 0.3 is 0 Å². The average molecular weight is 323 g/mol. The van der Waals surface area contributed by atoms with E-state index in [0.717, 1.165) is 19.0 Å². The van der Waals surface area contributed by atoms with Gasteiger partial charge in [-0.25, -0.2) is 0 Å². The van der Waals surface area contributed by atoms with Crippen LogP contribution >= 0.6 is 15.9 Å². The van der Waals surface area contributed by atoms with Gasteiger partial charge in [0.05, 0.1) is 0 Å². The Morgan fingerprint density at radius 2 is 2.21 bits per heavy atom. The first-order valence-corrected chi connectivity index (χ1v) is 8.12. The van der Waals surface area contributed by atoms with Crippen LogP contribution in [0.4, 0.5) is 0 Å². The summed E-state index contributed by atoms with van der Waals surface area (Å²) in [6.45, 7) is 8.18. The van der Waals surface area contributed by atoms with E-state index in [2.05, 4.69) is 64.3 Å². The van der Waals surface area contributed by atoms with Crippen LogP contribution in [0, 0.1) is 5.92 Å². The molecule has 2 atom stereocenters. The van der Waals surface area contributed by atoms with Crippen LogP contribution in [0.5, 0.6) is 0 Å². The van der Waals surface area contributed by atoms with E-state index in [9.17, 15) is 0 Å². The number of benzene rings is 1. The Kier molecular flexibility index (Phi) is 3.71. The molecule has 3 heteroatoms. The highest BCUT2D eigenvalue weighted by Gasteiger charge is 2.44. The van der Waals surface area contributed by atoms with Crippen molar-refractivity contribution in [3.63, 3.8) is 0 Å². The smallest absolute Gasteiger partial charge is 0.0321 e. The van der Waals surface area contributed by atoms with Gasteiger partial charge in [-0.1, -0.05) is 28.1 Å². The highest BCUT2D eigenvalue weighted by molar-refractivity contribution is 9.10. The van der Waals surface area contributed by atoms with E-state index in [4.69, 9.17) is 0 Å². The molecular weight excluding hydrogens is 300 g/mol. The van der Waals surface area contributed by atoms with Crippen LogP contribution in [0.2, 0.25) is 0 Å². The summed E-state index contributed by atoms with van der Waals surface area (Å²) in [5.41, 5.74) is 1.74. The van der Waals surface area contributed by atoms with Crippen molar-refractivity contribution in [2.45, 2.75) is 38.3 Å². The zero-order valence-electron chi connectivity index (χ0n) is 11.8. The molecule has 2 fully saturated rings. The minimum absolute atomic E-state index is 0.332. The van der Waals surface area contributed by atoms with E-state index >= 15 is 0 Å². The van der Waals surface area contributed by atoms with Crippen LogP contribution in [0.3, 0.4) is 0 Å². The lowest BCUT2D eigenvalue weighted by Gasteiger charge is -2.44. The predicted molar refractivity (Wildman–Crippen MR) is 83.3 cm³/mol. The third kappa shape index (κ3) is 2.88. The van der Waals surface area contributed by atoms with Gasteiger partial charge in [0.2, 0.25) is 0 Å². The summed E-state index contributed by atoms with van der Waals surface area (Å²) in [6, 6.07) is 9.23. The van der Waals surface area contributed by atoms with Gasteiger partial charge < -0.3 is 5.32 Å². The molecule has 1 N–H and O–H groups in total. The van der Waals surface area contributed by atoms with Gasteiger partial charge in [-0.3, -0.25) is 4.90 Å². The summed E-state index contributed by atoms with van der Waals surface area (Å²) in [4.78, 5) is 2.64. The van der Waals surface area contributed by atoms with Gasteiger partial charge in [-0.05, 0) is 50.3 Å². The van der Waals surface area contributed by atoms with Crippen molar-refractivity contribution in [3.8, 4) is 0 Å². The van der Waals surface area contributed by atoms with E-state index in [0.29, 0.717) is 11.6 Å². The number of piperazine rings is 1. The third-order valence-electron chi connectivity index (χ3n) is 4.82. The molecule has 1 saturated heterocycles. The first-order chi connectivity index (χ1) is 9.08. The van der Waals surface area contributed by atoms with Crippen molar-refractivity contribution in [2.24, 2.45) is 5.92 Å². The molecule has 2 unspecified atom stereocenters. The average Bonchev–Trinajstić information content (AvgIpc) is 3.22. The van der Waals surface area contributed by atoms with Gasteiger partial charge in [0.15, 0.2) is 0 Å². The van der Waals surface area contributed by atoms with Crippen LogP contribution in [-0.2, 0) is 0 Å². The Labute approximate surface area is 124 Å². The first kappa shape index (κ1) is 13.6. The monoisotopic (exact) mass is 322 g/mol. The van der Waals surface area contributed by atoms with Crippen LogP contribution in [0.15, 0.2) is 28.7 Å². The normalized spacial score (nSPS) is 30.3. The fraction of sp³-hybridized carbons (Fsp3) is 0.625. The van der Waals surface area contributed by atoms with Crippen molar-refractivity contribution >= 4 is 15.9 Å². The minimum atomic E-state index is 0.332. The Bertz CT molecular complexity index is 458. The summed E-state index contributed by atoms with van der Waals surface area (Å²) in [7, 11) is 0. The zero-order chi connectivity index (χ0) is 13.5. The molecule has 0 amide bonds. The molecule has 0 spiro atoms. The van der Waals surface area contributed by atoms with Crippen LogP contribution in [0.1, 0.15) is 38.3 Å². The van der Waals surface area contributed by atoms with Gasteiger partial charge in [0, 0.05) is 35.7 Å². The van der Waals surface area contributed by atoms with Gasteiger partial charge in [-0.2, -0.15) is 0 Å². The van der Waals surface area contributed by atoms with E-state index in [1.165, 1.54) is 29.4 Å². The van der Waals surface area contributed by atoms with Crippen molar-refractivity contribution in [1.29, 1.82) is 0 Å². The molecule has 19 heavy (non-hydrogen) atoms. The maximum Gasteiger partial charge on any atom is 0.0321 e. The molecule has 2 aliphatic rings. The molecule has 0 radical (unpaired) electrons. The Morgan fingerprint density at radius 1 is 1.42 bits per heavy atom. The number of hydrogen-bond donors (Lipinski definition) is 1. The molecule has 1 saturated carbocycles. The zero-order valence-corrected chi connectivity index (χ0v) is 13.4. The number of halogens is 1. The molecule has 2 nitrogen and oxygen atoms in total. The summed E-state index contributed by atoms with van der Waals surface area (Å²) < 4.78 is 1.18. The molecule has 3 rings (SSSR count). The first-order valence-electron chi connectivity index (χ1n) is 7.33. The lowest BCUT2D eigenvalue weighted by Crippen LogP contribution is -2.60. The van der Waals surface area contributed by atoms with E-state index in [-0.39, 0.29) is 0 Å². The van der Waals surface area contributed by atoms with E-state index < -0.39 is 0 Å². The number of nitrogens with one attached hydrogen (secondary N) is 1. The highest BCUT2D eigenvalue weighted by Crippen LogP contribution is 2.41. The second-order valence-corrected chi connectivity index (χ2v) is 7.24. The molecule has 1 heterocycles. The van der Waals surface area contributed by atoms with E-state index in [1.54, 1.807) is 0 Å². The summed E-state index contributed by atoms with van der Waals surface area (Å²) >= 11 is 3.58. The van der Waals surface area contributed by atoms with Gasteiger partial charge in [0.1, 0.15) is 0 Å². The van der Waals surface area contributed by atoms with Crippen molar-refractivity contribution < 1.29 is 0 Å². The molecule has 1 aromatic rings. The van der Waals surface area contributed by atoms with Crippen LogP contribution in [0.25, 0.3) is 0 Å². The number of rotatable bonds is 3. The summed E-state index contributed by atoms with van der Waals surface area (Å²) in [5, 5.41) is 3.75. The molecule has 1 aliphatic carbocycles. The lowest BCUT2D eigenvalue weighted by molar-refractivity contribution is 0.0946. The quantitative estimate of drug-likeness (QED) is 0.915. The summed E-state index contributed by atoms with van der Waals surface area (Å²) in [6.07, 6.45) is 2.81. The largest absolute Gasteiger partial charge is 0.309 e. The SMILES string of the molecule is CC(c1cccc(Br)c1)N1CCNC(C)(C2CC2)C1. The fourth-order valence-corrected chi connectivity index (χ4v) is 3.76. The van der Waals surface area contributed by atoms with Crippen LogP contribution in [-0.4, -0.2) is 30.1 Å². The Morgan fingerprint density at radius 3 is 2.89 bits per heavy atom. The predicted octanol–water partition coefficient (Wildman–Crippen LogP) is 3.58. The molecule has 0 aromatic heterocycles. The maximum atomic E-state index is 3.75. The topological polar surface area (TPSA) is 15.3 Å². The standard InChI is InChI=1S/C16H23BrN2/c1-12(13-4-3-5-15(17)10-13)19-9-8-18-16(2,11-19)14-6-7-14/h3-5,10,12,14,18H,6-9,11H2,1-2H3. The second-order valence-electron chi connectivity index (χ2n) is 6.32. The minimum Gasteiger partial charge on any atom is -0.309 e. The fourth-order valence-electron chi connectivity index (χ4n) is 3.34. The number of nitrogens with zero attached hydrogens (tertiary/aromatic N) is 1. The van der Waals surface area contributed by atoms with Gasteiger partial charge in [-0.15, -0.1) is 0 Å². The molecule has 1 aliphatic heterocycles. The Hall–Kier alpha value is -0.380. The van der Waals surface area contributed by atoms with Gasteiger partial charge in [0.25, 0.3) is 0 Å².